The van der Waals surface area contributed by atoms with Crippen molar-refractivity contribution in [3.8, 4) is 5.75 Å². The molecule has 2 rings (SSSR count). The molecular formula is C14H17F3N2O2. The van der Waals surface area contributed by atoms with Gasteiger partial charge in [-0.15, -0.1) is 13.2 Å². The summed E-state index contributed by atoms with van der Waals surface area (Å²) in [4.78, 5) is 12.0. The number of rotatable bonds is 4. The van der Waals surface area contributed by atoms with Crippen LogP contribution in [0.15, 0.2) is 18.2 Å². The summed E-state index contributed by atoms with van der Waals surface area (Å²) in [7, 11) is 0. The minimum absolute atomic E-state index is 0.0403. The van der Waals surface area contributed by atoms with E-state index >= 15 is 0 Å². The molecule has 0 spiro atoms. The predicted molar refractivity (Wildman–Crippen MR) is 71.8 cm³/mol. The first-order chi connectivity index (χ1) is 9.76. The van der Waals surface area contributed by atoms with Crippen LogP contribution in [0.25, 0.3) is 0 Å². The van der Waals surface area contributed by atoms with Gasteiger partial charge in [-0.3, -0.25) is 4.79 Å². The van der Waals surface area contributed by atoms with Crippen molar-refractivity contribution in [1.82, 2.24) is 5.32 Å². The number of benzene rings is 1. The zero-order chi connectivity index (χ0) is 15.6. The van der Waals surface area contributed by atoms with Crippen LogP contribution in [0.3, 0.4) is 0 Å². The second-order valence-electron chi connectivity index (χ2n) is 5.25. The van der Waals surface area contributed by atoms with Crippen LogP contribution in [0, 0.1) is 5.92 Å². The quantitative estimate of drug-likeness (QED) is 0.840. The summed E-state index contributed by atoms with van der Waals surface area (Å²) in [6, 6.07) is 3.54. The van der Waals surface area contributed by atoms with Gasteiger partial charge in [0.15, 0.2) is 5.75 Å². The van der Waals surface area contributed by atoms with Crippen molar-refractivity contribution in [3.63, 3.8) is 0 Å². The average molecular weight is 302 g/mol. The minimum Gasteiger partial charge on any atom is -0.404 e. The van der Waals surface area contributed by atoms with Crippen molar-refractivity contribution >= 4 is 11.6 Å². The molecule has 0 heterocycles. The van der Waals surface area contributed by atoms with Gasteiger partial charge in [-0.2, -0.15) is 0 Å². The van der Waals surface area contributed by atoms with E-state index in [4.69, 9.17) is 5.73 Å². The van der Waals surface area contributed by atoms with Crippen LogP contribution in [0.1, 0.15) is 36.5 Å². The lowest BCUT2D eigenvalue weighted by Crippen LogP contribution is -2.40. The maximum atomic E-state index is 12.1. The van der Waals surface area contributed by atoms with E-state index in [1.807, 2.05) is 6.92 Å². The Morgan fingerprint density at radius 2 is 2.10 bits per heavy atom. The van der Waals surface area contributed by atoms with Crippen molar-refractivity contribution in [2.24, 2.45) is 5.92 Å². The molecule has 0 aliphatic heterocycles. The number of ether oxygens (including phenoxy) is 1. The number of nitrogens with one attached hydrogen (secondary N) is 1. The second kappa shape index (κ2) is 5.83. The number of hydrogen-bond donors (Lipinski definition) is 2. The van der Waals surface area contributed by atoms with Gasteiger partial charge in [0.1, 0.15) is 0 Å². The number of carbonyl (C=O) groups excluding carboxylic acids is 1. The van der Waals surface area contributed by atoms with Gasteiger partial charge in [-0.05, 0) is 43.9 Å². The molecule has 1 saturated carbocycles. The molecule has 1 aromatic carbocycles. The summed E-state index contributed by atoms with van der Waals surface area (Å²) in [6.07, 6.45) is -1.47. The molecule has 1 unspecified atom stereocenters. The summed E-state index contributed by atoms with van der Waals surface area (Å²) in [5.74, 6) is -0.384. The van der Waals surface area contributed by atoms with Gasteiger partial charge in [-0.25, -0.2) is 0 Å². The van der Waals surface area contributed by atoms with Gasteiger partial charge < -0.3 is 15.8 Å². The lowest BCUT2D eigenvalue weighted by molar-refractivity contribution is -0.274. The molecule has 1 fully saturated rings. The average Bonchev–Trinajstić information content (AvgIpc) is 2.27. The number of alkyl halides is 3. The highest BCUT2D eigenvalue weighted by Gasteiger charge is 2.32. The summed E-state index contributed by atoms with van der Waals surface area (Å²) in [6.45, 7) is 1.92. The van der Waals surface area contributed by atoms with E-state index in [9.17, 15) is 18.0 Å². The third kappa shape index (κ3) is 4.03. The maximum absolute atomic E-state index is 12.1. The van der Waals surface area contributed by atoms with Crippen molar-refractivity contribution in [2.45, 2.75) is 38.6 Å². The lowest BCUT2D eigenvalue weighted by Gasteiger charge is -2.31. The van der Waals surface area contributed by atoms with Crippen molar-refractivity contribution in [1.29, 1.82) is 0 Å². The van der Waals surface area contributed by atoms with E-state index < -0.39 is 12.1 Å². The highest BCUT2D eigenvalue weighted by Crippen LogP contribution is 2.30. The molecule has 0 bridgehead atoms. The zero-order valence-corrected chi connectivity index (χ0v) is 11.5. The van der Waals surface area contributed by atoms with Crippen LogP contribution in [0.5, 0.6) is 5.75 Å². The summed E-state index contributed by atoms with van der Waals surface area (Å²) >= 11 is 0. The van der Waals surface area contributed by atoms with E-state index in [1.54, 1.807) is 0 Å². The van der Waals surface area contributed by atoms with Gasteiger partial charge in [-0.1, -0.05) is 6.42 Å². The van der Waals surface area contributed by atoms with Crippen LogP contribution < -0.4 is 15.8 Å². The molecule has 1 aliphatic carbocycles. The van der Waals surface area contributed by atoms with Crippen molar-refractivity contribution in [2.75, 3.05) is 5.73 Å². The third-order valence-electron chi connectivity index (χ3n) is 3.71. The molecule has 4 nitrogen and oxygen atoms in total. The fourth-order valence-electron chi connectivity index (χ4n) is 2.26. The molecule has 0 aromatic heterocycles. The zero-order valence-electron chi connectivity index (χ0n) is 11.5. The van der Waals surface area contributed by atoms with Crippen LogP contribution in [0.2, 0.25) is 0 Å². The van der Waals surface area contributed by atoms with Crippen LogP contribution >= 0.6 is 0 Å². The van der Waals surface area contributed by atoms with Gasteiger partial charge >= 0.3 is 6.36 Å². The molecule has 0 saturated heterocycles. The number of anilines is 1. The fourth-order valence-corrected chi connectivity index (χ4v) is 2.26. The largest absolute Gasteiger partial charge is 0.573 e. The van der Waals surface area contributed by atoms with E-state index in [-0.39, 0.29) is 23.2 Å². The molecule has 1 amide bonds. The molecule has 1 atom stereocenters. The summed E-state index contributed by atoms with van der Waals surface area (Å²) in [5, 5.41) is 2.84. The second-order valence-corrected chi connectivity index (χ2v) is 5.25. The third-order valence-corrected chi connectivity index (χ3v) is 3.71. The highest BCUT2D eigenvalue weighted by atomic mass is 19.4. The van der Waals surface area contributed by atoms with Crippen molar-refractivity contribution < 1.29 is 22.7 Å². The molecule has 21 heavy (non-hydrogen) atoms. The number of halogens is 3. The first-order valence-corrected chi connectivity index (χ1v) is 6.72. The minimum atomic E-state index is -4.81. The SMILES string of the molecule is CC(NC(=O)c1ccc(OC(F)(F)F)c(N)c1)C1CCC1. The Morgan fingerprint density at radius 1 is 1.43 bits per heavy atom. The molecule has 3 N–H and O–H groups in total. The number of amides is 1. The van der Waals surface area contributed by atoms with Gasteiger partial charge in [0.25, 0.3) is 5.91 Å². The highest BCUT2D eigenvalue weighted by molar-refractivity contribution is 5.95. The summed E-state index contributed by atoms with van der Waals surface area (Å²) in [5.41, 5.74) is 5.48. The Bertz CT molecular complexity index is 527. The monoisotopic (exact) mass is 302 g/mol. The lowest BCUT2D eigenvalue weighted by atomic mass is 9.80. The van der Waals surface area contributed by atoms with Crippen LogP contribution in [-0.2, 0) is 0 Å². The molecule has 0 radical (unpaired) electrons. The number of carbonyl (C=O) groups is 1. The molecule has 116 valence electrons. The fraction of sp³-hybridized carbons (Fsp3) is 0.500. The first kappa shape index (κ1) is 15.5. The van der Waals surface area contributed by atoms with Gasteiger partial charge in [0.05, 0.1) is 5.69 Å². The number of nitrogens with two attached hydrogens (primary N) is 1. The molecule has 7 heteroatoms. The maximum Gasteiger partial charge on any atom is 0.573 e. The predicted octanol–water partition coefficient (Wildman–Crippen LogP) is 3.09. The van der Waals surface area contributed by atoms with Crippen LogP contribution in [-0.4, -0.2) is 18.3 Å². The standard InChI is InChI=1S/C14H17F3N2O2/c1-8(9-3-2-4-9)19-13(20)10-5-6-12(11(18)7-10)21-14(15,16)17/h5-9H,2-4,18H2,1H3,(H,19,20). The Balaban J connectivity index is 2.03. The Hall–Kier alpha value is -1.92. The Kier molecular flexibility index (Phi) is 4.29. The van der Waals surface area contributed by atoms with Gasteiger partial charge in [0, 0.05) is 11.6 Å². The van der Waals surface area contributed by atoms with Gasteiger partial charge in [0.2, 0.25) is 0 Å². The molecular weight excluding hydrogens is 285 g/mol. The van der Waals surface area contributed by atoms with E-state index in [2.05, 4.69) is 10.1 Å². The molecule has 1 aromatic rings. The smallest absolute Gasteiger partial charge is 0.404 e. The van der Waals surface area contributed by atoms with Crippen LogP contribution in [0.4, 0.5) is 18.9 Å². The van der Waals surface area contributed by atoms with E-state index in [0.29, 0.717) is 5.92 Å². The number of hydrogen-bond acceptors (Lipinski definition) is 3. The normalized spacial score (nSPS) is 17.0. The Labute approximate surface area is 120 Å². The topological polar surface area (TPSA) is 64.3 Å². The Morgan fingerprint density at radius 3 is 2.57 bits per heavy atom. The number of nitrogen functional groups attached to an aromatic ring is 1. The molecule has 1 aliphatic rings. The van der Waals surface area contributed by atoms with E-state index in [0.717, 1.165) is 18.9 Å². The summed E-state index contributed by atoms with van der Waals surface area (Å²) < 4.78 is 40.1. The first-order valence-electron chi connectivity index (χ1n) is 6.72. The van der Waals surface area contributed by atoms with Crippen molar-refractivity contribution in [3.05, 3.63) is 23.8 Å². The van der Waals surface area contributed by atoms with E-state index in [1.165, 1.54) is 18.6 Å².